The number of hydrazone groups is 1. The van der Waals surface area contributed by atoms with Crippen LogP contribution in [0.25, 0.3) is 0 Å². The molecule has 150 valence electrons. The zero-order valence-corrected chi connectivity index (χ0v) is 17.6. The lowest BCUT2D eigenvalue weighted by atomic mass is 10.1. The van der Waals surface area contributed by atoms with Gasteiger partial charge in [-0.05, 0) is 55.8 Å². The Morgan fingerprint density at radius 3 is 2.21 bits per heavy atom. The lowest BCUT2D eigenvalue weighted by Gasteiger charge is -2.27. The summed E-state index contributed by atoms with van der Waals surface area (Å²) in [6, 6.07) is 12.4. The summed E-state index contributed by atoms with van der Waals surface area (Å²) in [5, 5.41) is 4.66. The first-order valence-corrected chi connectivity index (χ1v) is 10.6. The van der Waals surface area contributed by atoms with Gasteiger partial charge in [0, 0.05) is 5.02 Å². The number of benzene rings is 2. The molecule has 28 heavy (non-hydrogen) atoms. The molecule has 1 amide bonds. The van der Waals surface area contributed by atoms with E-state index in [9.17, 15) is 13.2 Å². The molecule has 0 fully saturated rings. The van der Waals surface area contributed by atoms with Crippen molar-refractivity contribution >= 4 is 38.9 Å². The first kappa shape index (κ1) is 21.7. The van der Waals surface area contributed by atoms with E-state index >= 15 is 0 Å². The summed E-state index contributed by atoms with van der Waals surface area (Å²) in [4.78, 5) is 12.5. The van der Waals surface area contributed by atoms with Gasteiger partial charge in [-0.25, -0.2) is 13.8 Å². The third-order valence-corrected chi connectivity index (χ3v) is 5.50. The molecule has 9 heteroatoms. The second kappa shape index (κ2) is 9.07. The van der Waals surface area contributed by atoms with Crippen molar-refractivity contribution in [3.05, 3.63) is 59.1 Å². The normalized spacial score (nSPS) is 13.0. The summed E-state index contributed by atoms with van der Waals surface area (Å²) in [6.45, 7) is 3.22. The molecule has 2 aromatic rings. The topological polar surface area (TPSA) is 88.1 Å². The van der Waals surface area contributed by atoms with E-state index in [1.54, 1.807) is 55.5 Å². The first-order chi connectivity index (χ1) is 13.1. The van der Waals surface area contributed by atoms with Gasteiger partial charge in [0.05, 0.1) is 24.8 Å². The fraction of sp³-hybridized carbons (Fsp3) is 0.263. The van der Waals surface area contributed by atoms with Gasteiger partial charge >= 0.3 is 0 Å². The third kappa shape index (κ3) is 5.46. The third-order valence-electron chi connectivity index (χ3n) is 4.01. The molecular weight excluding hydrogens is 402 g/mol. The Balaban J connectivity index is 2.21. The minimum absolute atomic E-state index is 0.351. The first-order valence-electron chi connectivity index (χ1n) is 8.37. The van der Waals surface area contributed by atoms with Crippen LogP contribution in [0.4, 0.5) is 5.69 Å². The molecule has 2 rings (SSSR count). The molecule has 2 aromatic carbocycles. The van der Waals surface area contributed by atoms with E-state index < -0.39 is 22.0 Å². The molecule has 1 atom stereocenters. The summed E-state index contributed by atoms with van der Waals surface area (Å²) in [6.07, 6.45) is 1.04. The Bertz CT molecular complexity index is 958. The van der Waals surface area contributed by atoms with Crippen LogP contribution in [0.15, 0.2) is 53.6 Å². The summed E-state index contributed by atoms with van der Waals surface area (Å²) in [7, 11) is -2.19. The number of amides is 1. The molecule has 0 saturated carbocycles. The summed E-state index contributed by atoms with van der Waals surface area (Å²) >= 11 is 5.86. The lowest BCUT2D eigenvalue weighted by Crippen LogP contribution is -2.46. The van der Waals surface area contributed by atoms with Gasteiger partial charge < -0.3 is 4.74 Å². The standard InChI is InChI=1S/C19H22ClN3O4S/c1-13(15-5-7-16(20)8-6-15)21-22-19(24)14(2)23(28(4,25)26)17-9-11-18(27-3)12-10-17/h5-12,14H,1-4H3,(H,22,24)/b21-13-/t14-/m1/s1. The highest BCUT2D eigenvalue weighted by Gasteiger charge is 2.29. The van der Waals surface area contributed by atoms with Crippen LogP contribution in [0.3, 0.4) is 0 Å². The molecule has 0 bridgehead atoms. The van der Waals surface area contributed by atoms with E-state index in [0.29, 0.717) is 22.2 Å². The van der Waals surface area contributed by atoms with Gasteiger partial charge in [0.2, 0.25) is 10.0 Å². The fourth-order valence-electron chi connectivity index (χ4n) is 2.53. The van der Waals surface area contributed by atoms with Crippen molar-refractivity contribution in [2.45, 2.75) is 19.9 Å². The number of carbonyl (C=O) groups is 1. The highest BCUT2D eigenvalue weighted by atomic mass is 35.5. The quantitative estimate of drug-likeness (QED) is 0.547. The average molecular weight is 424 g/mol. The molecule has 0 spiro atoms. The second-order valence-corrected chi connectivity index (χ2v) is 8.41. The summed E-state index contributed by atoms with van der Waals surface area (Å²) < 4.78 is 30.7. The Kier molecular flexibility index (Phi) is 7.04. The molecule has 0 aliphatic carbocycles. The number of ether oxygens (including phenoxy) is 1. The molecule has 0 aliphatic heterocycles. The number of methoxy groups -OCH3 is 1. The van der Waals surface area contributed by atoms with Crippen molar-refractivity contribution in [2.75, 3.05) is 17.7 Å². The SMILES string of the molecule is COc1ccc(N([C@H](C)C(=O)N/N=C(/C)c2ccc(Cl)cc2)S(C)(=O)=O)cc1. The van der Waals surface area contributed by atoms with Crippen molar-refractivity contribution in [2.24, 2.45) is 5.10 Å². The van der Waals surface area contributed by atoms with E-state index in [1.807, 2.05) is 0 Å². The largest absolute Gasteiger partial charge is 0.497 e. The maximum atomic E-state index is 12.5. The van der Waals surface area contributed by atoms with Gasteiger partial charge in [-0.1, -0.05) is 23.7 Å². The Morgan fingerprint density at radius 2 is 1.71 bits per heavy atom. The maximum Gasteiger partial charge on any atom is 0.263 e. The molecule has 0 aromatic heterocycles. The number of hydrogen-bond donors (Lipinski definition) is 1. The van der Waals surface area contributed by atoms with Gasteiger partial charge in [0.15, 0.2) is 0 Å². The van der Waals surface area contributed by atoms with Crippen molar-refractivity contribution in [1.29, 1.82) is 0 Å². The number of halogens is 1. The van der Waals surface area contributed by atoms with Gasteiger partial charge in [0.1, 0.15) is 11.8 Å². The summed E-state index contributed by atoms with van der Waals surface area (Å²) in [5.74, 6) is 0.0204. The zero-order valence-electron chi connectivity index (χ0n) is 16.0. The monoisotopic (exact) mass is 423 g/mol. The number of nitrogens with one attached hydrogen (secondary N) is 1. The number of hydrogen-bond acceptors (Lipinski definition) is 5. The maximum absolute atomic E-state index is 12.5. The van der Waals surface area contributed by atoms with Crippen LogP contribution in [0.5, 0.6) is 5.75 Å². The molecule has 0 saturated heterocycles. The number of rotatable bonds is 7. The van der Waals surface area contributed by atoms with Crippen molar-refractivity contribution in [1.82, 2.24) is 5.43 Å². The van der Waals surface area contributed by atoms with Crippen LogP contribution in [-0.4, -0.2) is 39.4 Å². The molecule has 0 heterocycles. The number of carbonyl (C=O) groups excluding carboxylic acids is 1. The number of sulfonamides is 1. The van der Waals surface area contributed by atoms with E-state index in [1.165, 1.54) is 14.0 Å². The highest BCUT2D eigenvalue weighted by molar-refractivity contribution is 7.92. The van der Waals surface area contributed by atoms with Crippen LogP contribution in [0, 0.1) is 0 Å². The average Bonchev–Trinajstić information content (AvgIpc) is 2.66. The molecule has 7 nitrogen and oxygen atoms in total. The van der Waals surface area contributed by atoms with Crippen molar-refractivity contribution in [3.63, 3.8) is 0 Å². The number of anilines is 1. The highest BCUT2D eigenvalue weighted by Crippen LogP contribution is 2.23. The van der Waals surface area contributed by atoms with Gasteiger partial charge in [0.25, 0.3) is 5.91 Å². The minimum atomic E-state index is -3.71. The van der Waals surface area contributed by atoms with Crippen LogP contribution in [0.2, 0.25) is 5.02 Å². The van der Waals surface area contributed by atoms with E-state index in [2.05, 4.69) is 10.5 Å². The zero-order chi connectivity index (χ0) is 20.9. The van der Waals surface area contributed by atoms with Crippen LogP contribution in [-0.2, 0) is 14.8 Å². The fourth-order valence-corrected chi connectivity index (χ4v) is 3.83. The van der Waals surface area contributed by atoms with E-state index in [-0.39, 0.29) is 0 Å². The predicted octanol–water partition coefficient (Wildman–Crippen LogP) is 3.04. The molecule has 0 unspecified atom stereocenters. The smallest absolute Gasteiger partial charge is 0.263 e. The summed E-state index contributed by atoms with van der Waals surface area (Å²) in [5.41, 5.74) is 4.12. The number of nitrogens with zero attached hydrogens (tertiary/aromatic N) is 2. The van der Waals surface area contributed by atoms with Gasteiger partial charge in [-0.2, -0.15) is 5.10 Å². The van der Waals surface area contributed by atoms with Crippen molar-refractivity contribution < 1.29 is 17.9 Å². The Hall–Kier alpha value is -2.58. The van der Waals surface area contributed by atoms with Gasteiger partial charge in [-0.3, -0.25) is 9.10 Å². The Labute approximate surface area is 170 Å². The molecule has 0 radical (unpaired) electrons. The van der Waals surface area contributed by atoms with Crippen molar-refractivity contribution in [3.8, 4) is 5.75 Å². The van der Waals surface area contributed by atoms with Crippen LogP contribution in [0.1, 0.15) is 19.4 Å². The van der Waals surface area contributed by atoms with Crippen LogP contribution < -0.4 is 14.5 Å². The van der Waals surface area contributed by atoms with Crippen LogP contribution >= 0.6 is 11.6 Å². The Morgan fingerprint density at radius 1 is 1.14 bits per heavy atom. The van der Waals surface area contributed by atoms with Gasteiger partial charge in [-0.15, -0.1) is 0 Å². The molecular formula is C19H22ClN3O4S. The second-order valence-electron chi connectivity index (χ2n) is 6.11. The van der Waals surface area contributed by atoms with E-state index in [4.69, 9.17) is 16.3 Å². The minimum Gasteiger partial charge on any atom is -0.497 e. The molecule has 1 N–H and O–H groups in total. The predicted molar refractivity (Wildman–Crippen MR) is 112 cm³/mol. The molecule has 0 aliphatic rings. The van der Waals surface area contributed by atoms with E-state index in [0.717, 1.165) is 16.1 Å². The lowest BCUT2D eigenvalue weighted by molar-refractivity contribution is -0.121.